The van der Waals surface area contributed by atoms with Gasteiger partial charge in [-0.3, -0.25) is 4.79 Å². The number of sulfone groups is 1. The van der Waals surface area contributed by atoms with Gasteiger partial charge < -0.3 is 5.32 Å². The number of rotatable bonds is 3. The van der Waals surface area contributed by atoms with E-state index in [1.165, 1.54) is 11.3 Å². The van der Waals surface area contributed by atoms with Crippen LogP contribution in [0.1, 0.15) is 16.1 Å². The molecule has 1 aliphatic heterocycles. The van der Waals surface area contributed by atoms with Gasteiger partial charge in [0, 0.05) is 11.6 Å². The van der Waals surface area contributed by atoms with E-state index in [-0.39, 0.29) is 23.5 Å². The summed E-state index contributed by atoms with van der Waals surface area (Å²) in [5.74, 6) is 0.0181. The van der Waals surface area contributed by atoms with Gasteiger partial charge in [-0.05, 0) is 23.4 Å². The Morgan fingerprint density at radius 2 is 1.95 bits per heavy atom. The summed E-state index contributed by atoms with van der Waals surface area (Å²) in [7, 11) is -2.98. The van der Waals surface area contributed by atoms with Crippen LogP contribution in [0, 0.1) is 0 Å². The van der Waals surface area contributed by atoms with E-state index in [0.29, 0.717) is 11.3 Å². The Morgan fingerprint density at radius 1 is 1.19 bits per heavy atom. The van der Waals surface area contributed by atoms with Crippen molar-refractivity contribution in [3.05, 3.63) is 46.7 Å². The van der Waals surface area contributed by atoms with Crippen molar-refractivity contribution < 1.29 is 13.2 Å². The van der Waals surface area contributed by atoms with Crippen molar-refractivity contribution in [3.63, 3.8) is 0 Å². The highest BCUT2D eigenvalue weighted by Crippen LogP contribution is 2.28. The second kappa shape index (κ2) is 5.61. The molecule has 2 heterocycles. The highest BCUT2D eigenvalue weighted by atomic mass is 32.2. The van der Waals surface area contributed by atoms with Gasteiger partial charge in [0.1, 0.15) is 0 Å². The van der Waals surface area contributed by atoms with Gasteiger partial charge in [0.25, 0.3) is 5.91 Å². The zero-order valence-electron chi connectivity index (χ0n) is 11.3. The van der Waals surface area contributed by atoms with Crippen molar-refractivity contribution in [2.75, 3.05) is 11.5 Å². The maximum Gasteiger partial charge on any atom is 0.262 e. The Kier molecular flexibility index (Phi) is 3.82. The molecule has 1 atom stereocenters. The molecule has 1 aliphatic rings. The van der Waals surface area contributed by atoms with E-state index in [9.17, 15) is 13.2 Å². The predicted octanol–water partition coefficient (Wildman–Crippen LogP) is 2.33. The summed E-state index contributed by atoms with van der Waals surface area (Å²) in [5.41, 5.74) is 1.88. The number of carbonyl (C=O) groups is 1. The van der Waals surface area contributed by atoms with Crippen LogP contribution < -0.4 is 5.32 Å². The summed E-state index contributed by atoms with van der Waals surface area (Å²) >= 11 is 1.37. The van der Waals surface area contributed by atoms with Crippen LogP contribution in [0.25, 0.3) is 11.1 Å². The smallest absolute Gasteiger partial charge is 0.262 e. The highest BCUT2D eigenvalue weighted by molar-refractivity contribution is 7.91. The van der Waals surface area contributed by atoms with Crippen molar-refractivity contribution in [3.8, 4) is 11.1 Å². The average molecular weight is 321 g/mol. The number of amides is 1. The third kappa shape index (κ3) is 3.16. The number of carbonyl (C=O) groups excluding carboxylic acids is 1. The monoisotopic (exact) mass is 321 g/mol. The van der Waals surface area contributed by atoms with Crippen molar-refractivity contribution >= 4 is 27.1 Å². The van der Waals surface area contributed by atoms with Crippen LogP contribution in [0.4, 0.5) is 0 Å². The Bertz CT molecular complexity index is 750. The van der Waals surface area contributed by atoms with Crippen LogP contribution in [-0.4, -0.2) is 31.9 Å². The van der Waals surface area contributed by atoms with Gasteiger partial charge in [-0.1, -0.05) is 30.3 Å². The minimum atomic E-state index is -2.98. The van der Waals surface area contributed by atoms with Crippen LogP contribution in [0.5, 0.6) is 0 Å². The first kappa shape index (κ1) is 14.3. The largest absolute Gasteiger partial charge is 0.348 e. The second-order valence-electron chi connectivity index (χ2n) is 5.10. The Morgan fingerprint density at radius 3 is 2.62 bits per heavy atom. The van der Waals surface area contributed by atoms with E-state index in [1.54, 1.807) is 0 Å². The Hall–Kier alpha value is -1.66. The molecule has 3 rings (SSSR count). The summed E-state index contributed by atoms with van der Waals surface area (Å²) in [6.45, 7) is 0. The van der Waals surface area contributed by atoms with Gasteiger partial charge >= 0.3 is 0 Å². The molecule has 0 spiro atoms. The van der Waals surface area contributed by atoms with Crippen LogP contribution in [-0.2, 0) is 9.84 Å². The average Bonchev–Trinajstić information content (AvgIpc) is 3.06. The molecule has 2 aromatic rings. The van der Waals surface area contributed by atoms with E-state index >= 15 is 0 Å². The lowest BCUT2D eigenvalue weighted by atomic mass is 10.1. The van der Waals surface area contributed by atoms with Crippen molar-refractivity contribution in [2.45, 2.75) is 12.5 Å². The number of nitrogens with one attached hydrogen (secondary N) is 1. The zero-order chi connectivity index (χ0) is 14.9. The van der Waals surface area contributed by atoms with Gasteiger partial charge in [-0.25, -0.2) is 8.42 Å². The molecular formula is C15H15NO3S2. The molecule has 1 saturated heterocycles. The van der Waals surface area contributed by atoms with E-state index < -0.39 is 9.84 Å². The van der Waals surface area contributed by atoms with Crippen molar-refractivity contribution in [1.29, 1.82) is 0 Å². The fraction of sp³-hybridized carbons (Fsp3) is 0.267. The predicted molar refractivity (Wildman–Crippen MR) is 84.3 cm³/mol. The summed E-state index contributed by atoms with van der Waals surface area (Å²) in [6, 6.07) is 11.3. The lowest BCUT2D eigenvalue weighted by molar-refractivity contribution is 0.0946. The zero-order valence-corrected chi connectivity index (χ0v) is 12.9. The first-order valence-corrected chi connectivity index (χ1v) is 9.39. The number of benzene rings is 1. The van der Waals surface area contributed by atoms with E-state index in [1.807, 2.05) is 41.8 Å². The summed E-state index contributed by atoms with van der Waals surface area (Å²) in [4.78, 5) is 13.0. The third-order valence-corrected chi connectivity index (χ3v) is 6.21. The van der Waals surface area contributed by atoms with Crippen LogP contribution >= 0.6 is 11.3 Å². The lowest BCUT2D eigenvalue weighted by Crippen LogP contribution is -2.35. The lowest BCUT2D eigenvalue weighted by Gasteiger charge is -2.11. The number of hydrogen-bond donors (Lipinski definition) is 1. The van der Waals surface area contributed by atoms with Crippen molar-refractivity contribution in [2.24, 2.45) is 0 Å². The topological polar surface area (TPSA) is 63.2 Å². The normalized spacial score (nSPS) is 20.3. The van der Waals surface area contributed by atoms with E-state index in [0.717, 1.165) is 11.1 Å². The number of hydrogen-bond acceptors (Lipinski definition) is 4. The third-order valence-electron chi connectivity index (χ3n) is 3.52. The van der Waals surface area contributed by atoms with Crippen LogP contribution in [0.3, 0.4) is 0 Å². The molecule has 0 unspecified atom stereocenters. The molecule has 0 bridgehead atoms. The molecule has 0 radical (unpaired) electrons. The summed E-state index contributed by atoms with van der Waals surface area (Å²) in [5, 5.41) is 4.72. The first-order valence-electron chi connectivity index (χ1n) is 6.69. The van der Waals surface area contributed by atoms with Crippen molar-refractivity contribution in [1.82, 2.24) is 5.32 Å². The molecule has 1 amide bonds. The van der Waals surface area contributed by atoms with E-state index in [4.69, 9.17) is 0 Å². The minimum absolute atomic E-state index is 0.0464. The van der Waals surface area contributed by atoms with Gasteiger partial charge in [-0.15, -0.1) is 11.3 Å². The Labute approximate surface area is 127 Å². The molecule has 0 saturated carbocycles. The molecule has 21 heavy (non-hydrogen) atoms. The molecule has 1 N–H and O–H groups in total. The molecule has 0 aliphatic carbocycles. The van der Waals surface area contributed by atoms with Gasteiger partial charge in [-0.2, -0.15) is 0 Å². The fourth-order valence-electron chi connectivity index (χ4n) is 2.49. The molecule has 6 heteroatoms. The highest BCUT2D eigenvalue weighted by Gasteiger charge is 2.29. The van der Waals surface area contributed by atoms with E-state index in [2.05, 4.69) is 5.32 Å². The first-order chi connectivity index (χ1) is 10.1. The molecule has 110 valence electrons. The summed E-state index contributed by atoms with van der Waals surface area (Å²) < 4.78 is 22.9. The quantitative estimate of drug-likeness (QED) is 0.944. The summed E-state index contributed by atoms with van der Waals surface area (Å²) in [6.07, 6.45) is 0.500. The van der Waals surface area contributed by atoms with Gasteiger partial charge in [0.15, 0.2) is 9.84 Å². The maximum atomic E-state index is 12.4. The molecule has 4 nitrogen and oxygen atoms in total. The molecule has 1 aromatic carbocycles. The standard InChI is InChI=1S/C15H15NO3S2/c17-15(16-12-7-9-21(18,19)10-12)14-13(6-8-20-14)11-4-2-1-3-5-11/h1-6,8,12H,7,9-10H2,(H,16,17)/t12-/m0/s1. The van der Waals surface area contributed by atoms with Crippen LogP contribution in [0.15, 0.2) is 41.8 Å². The number of thiophene rings is 1. The Balaban J connectivity index is 1.79. The van der Waals surface area contributed by atoms with Crippen LogP contribution in [0.2, 0.25) is 0 Å². The maximum absolute atomic E-state index is 12.4. The van der Waals surface area contributed by atoms with Gasteiger partial charge in [0.05, 0.1) is 16.4 Å². The fourth-order valence-corrected chi connectivity index (χ4v) is 4.98. The SMILES string of the molecule is O=C(N[C@H]1CCS(=O)(=O)C1)c1sccc1-c1ccccc1. The van der Waals surface area contributed by atoms with Gasteiger partial charge in [0.2, 0.25) is 0 Å². The molecular weight excluding hydrogens is 306 g/mol. The molecule has 1 fully saturated rings. The minimum Gasteiger partial charge on any atom is -0.348 e. The molecule has 1 aromatic heterocycles. The second-order valence-corrected chi connectivity index (χ2v) is 8.25.